The summed E-state index contributed by atoms with van der Waals surface area (Å²) in [7, 11) is 1.62. The van der Waals surface area contributed by atoms with Gasteiger partial charge in [0, 0.05) is 25.6 Å². The third kappa shape index (κ3) is 5.06. The lowest BCUT2D eigenvalue weighted by atomic mass is 9.92. The van der Waals surface area contributed by atoms with Gasteiger partial charge in [0.15, 0.2) is 5.78 Å². The van der Waals surface area contributed by atoms with Gasteiger partial charge in [-0.3, -0.25) is 14.5 Å². The van der Waals surface area contributed by atoms with Crippen molar-refractivity contribution >= 4 is 17.8 Å². The van der Waals surface area contributed by atoms with Crippen LogP contribution in [0.3, 0.4) is 0 Å². The van der Waals surface area contributed by atoms with Crippen LogP contribution in [0.4, 0.5) is 13.6 Å². The topological polar surface area (TPSA) is 66.9 Å². The highest BCUT2D eigenvalue weighted by atomic mass is 19.1. The summed E-state index contributed by atoms with van der Waals surface area (Å²) in [4.78, 5) is 42.0. The molecule has 0 aromatic heterocycles. The molecule has 35 heavy (non-hydrogen) atoms. The van der Waals surface area contributed by atoms with E-state index in [0.29, 0.717) is 13.0 Å². The summed E-state index contributed by atoms with van der Waals surface area (Å²) in [6.45, 7) is 5.50. The van der Waals surface area contributed by atoms with Crippen molar-refractivity contribution in [2.45, 2.75) is 57.2 Å². The quantitative estimate of drug-likeness (QED) is 0.568. The first kappa shape index (κ1) is 24.8. The molecule has 1 heterocycles. The maximum absolute atomic E-state index is 14.7. The van der Waals surface area contributed by atoms with Crippen molar-refractivity contribution in [1.29, 1.82) is 0 Å². The molecule has 1 aliphatic heterocycles. The van der Waals surface area contributed by atoms with E-state index in [4.69, 9.17) is 4.74 Å². The molecule has 0 radical (unpaired) electrons. The average molecular weight is 485 g/mol. The van der Waals surface area contributed by atoms with Crippen molar-refractivity contribution < 1.29 is 27.9 Å². The number of amides is 2. The molecule has 2 amide bonds. The maximum Gasteiger partial charge on any atom is 0.410 e. The van der Waals surface area contributed by atoms with Gasteiger partial charge in [0.25, 0.3) is 0 Å². The van der Waals surface area contributed by atoms with E-state index in [9.17, 15) is 23.2 Å². The fraction of sp³-hybridized carbons (Fsp3) is 0.444. The molecular formula is C27H30F2N2O4. The second-order valence-corrected chi connectivity index (χ2v) is 10.5. The lowest BCUT2D eigenvalue weighted by molar-refractivity contribution is -0.136. The van der Waals surface area contributed by atoms with Gasteiger partial charge >= 0.3 is 6.09 Å². The first-order valence-corrected chi connectivity index (χ1v) is 11.7. The Balaban J connectivity index is 1.56. The van der Waals surface area contributed by atoms with Gasteiger partial charge in [-0.05, 0) is 62.4 Å². The number of fused-ring (bicyclic) bond motifs is 1. The number of likely N-dealkylation sites (tertiary alicyclic amines) is 1. The van der Waals surface area contributed by atoms with Crippen LogP contribution in [-0.4, -0.2) is 52.8 Å². The summed E-state index contributed by atoms with van der Waals surface area (Å²) in [5.74, 6) is -2.38. The number of hydrogen-bond donors (Lipinski definition) is 0. The van der Waals surface area contributed by atoms with Gasteiger partial charge in [0.1, 0.15) is 17.2 Å². The van der Waals surface area contributed by atoms with Gasteiger partial charge in [0.05, 0.1) is 12.5 Å². The van der Waals surface area contributed by atoms with E-state index in [1.54, 1.807) is 27.8 Å². The molecule has 6 nitrogen and oxygen atoms in total. The van der Waals surface area contributed by atoms with E-state index in [0.717, 1.165) is 23.8 Å². The predicted molar refractivity (Wildman–Crippen MR) is 125 cm³/mol. The molecule has 2 aromatic rings. The highest BCUT2D eigenvalue weighted by Crippen LogP contribution is 2.63. The number of piperidine rings is 1. The van der Waals surface area contributed by atoms with Crippen LogP contribution >= 0.6 is 0 Å². The van der Waals surface area contributed by atoms with E-state index in [1.807, 2.05) is 30.3 Å². The molecular weight excluding hydrogens is 454 g/mol. The lowest BCUT2D eigenvalue weighted by Crippen LogP contribution is -2.47. The fourth-order valence-corrected chi connectivity index (χ4v) is 5.05. The smallest absolute Gasteiger partial charge is 0.410 e. The number of Topliss-reactive ketones (excluding diaryl/α,β-unsaturated/α-hetero) is 1. The third-order valence-electron chi connectivity index (χ3n) is 6.74. The number of carbonyl (C=O) groups excluding carboxylic acids is 3. The van der Waals surface area contributed by atoms with Crippen LogP contribution < -0.4 is 0 Å². The zero-order chi connectivity index (χ0) is 25.5. The summed E-state index contributed by atoms with van der Waals surface area (Å²) < 4.78 is 34.2. The Hall–Kier alpha value is -3.29. The number of benzene rings is 2. The number of rotatable bonds is 6. The van der Waals surface area contributed by atoms with E-state index in [1.165, 1.54) is 9.80 Å². The molecule has 0 N–H and O–H groups in total. The maximum atomic E-state index is 14.7. The average Bonchev–Trinajstić information content (AvgIpc) is 3.39. The van der Waals surface area contributed by atoms with E-state index < -0.39 is 52.9 Å². The number of nitrogens with zero attached hydrogens (tertiary/aromatic N) is 2. The van der Waals surface area contributed by atoms with Crippen LogP contribution in [0.15, 0.2) is 48.5 Å². The Labute approximate surface area is 203 Å². The Bertz CT molecular complexity index is 1150. The SMILES string of the molecule is CN(Cc1ccccc1)C(=O)CC(=O)C1[C@@H]2C[C@]2(c2cc(F)ccc2F)CN1C(=O)OC(C)(C)C. The molecule has 1 saturated carbocycles. The summed E-state index contributed by atoms with van der Waals surface area (Å²) in [5.41, 5.74) is -0.600. The largest absolute Gasteiger partial charge is 0.444 e. The molecule has 2 aliphatic rings. The molecule has 2 aromatic carbocycles. The first-order chi connectivity index (χ1) is 16.4. The molecule has 0 spiro atoms. The van der Waals surface area contributed by atoms with Gasteiger partial charge in [-0.25, -0.2) is 13.6 Å². The van der Waals surface area contributed by atoms with Crippen LogP contribution in [0.25, 0.3) is 0 Å². The van der Waals surface area contributed by atoms with Crippen LogP contribution in [0.1, 0.15) is 44.7 Å². The second-order valence-electron chi connectivity index (χ2n) is 10.5. The second kappa shape index (κ2) is 9.06. The molecule has 3 atom stereocenters. The van der Waals surface area contributed by atoms with Crippen LogP contribution in [0.2, 0.25) is 0 Å². The van der Waals surface area contributed by atoms with Crippen molar-refractivity contribution in [2.75, 3.05) is 13.6 Å². The monoisotopic (exact) mass is 484 g/mol. The van der Waals surface area contributed by atoms with Gasteiger partial charge < -0.3 is 9.64 Å². The van der Waals surface area contributed by atoms with E-state index in [-0.39, 0.29) is 18.0 Å². The highest BCUT2D eigenvalue weighted by molar-refractivity contribution is 6.02. The Morgan fingerprint density at radius 2 is 1.80 bits per heavy atom. The van der Waals surface area contributed by atoms with Gasteiger partial charge in [-0.2, -0.15) is 0 Å². The zero-order valence-corrected chi connectivity index (χ0v) is 20.4. The zero-order valence-electron chi connectivity index (χ0n) is 20.4. The van der Waals surface area contributed by atoms with Crippen molar-refractivity contribution in [3.8, 4) is 0 Å². The fourth-order valence-electron chi connectivity index (χ4n) is 5.05. The van der Waals surface area contributed by atoms with Crippen LogP contribution in [-0.2, 0) is 26.3 Å². The summed E-state index contributed by atoms with van der Waals surface area (Å²) in [5, 5.41) is 0. The molecule has 1 aliphatic carbocycles. The molecule has 2 fully saturated rings. The molecule has 1 saturated heterocycles. The number of carbonyl (C=O) groups is 3. The van der Waals surface area contributed by atoms with E-state index in [2.05, 4.69) is 0 Å². The Morgan fingerprint density at radius 3 is 2.46 bits per heavy atom. The molecule has 0 bridgehead atoms. The third-order valence-corrected chi connectivity index (χ3v) is 6.74. The minimum absolute atomic E-state index is 0.0252. The lowest BCUT2D eigenvalue weighted by Gasteiger charge is -2.30. The Morgan fingerprint density at radius 1 is 1.11 bits per heavy atom. The molecule has 4 rings (SSSR count). The molecule has 1 unspecified atom stereocenters. The summed E-state index contributed by atoms with van der Waals surface area (Å²) >= 11 is 0. The number of ether oxygens (including phenoxy) is 1. The van der Waals surface area contributed by atoms with Crippen LogP contribution in [0, 0.1) is 17.6 Å². The van der Waals surface area contributed by atoms with E-state index >= 15 is 0 Å². The predicted octanol–water partition coefficient (Wildman–Crippen LogP) is 4.46. The number of hydrogen-bond acceptors (Lipinski definition) is 4. The van der Waals surface area contributed by atoms with Crippen molar-refractivity contribution in [2.24, 2.45) is 5.92 Å². The van der Waals surface area contributed by atoms with Crippen LogP contribution in [0.5, 0.6) is 0 Å². The Kier molecular flexibility index (Phi) is 6.42. The minimum atomic E-state index is -0.943. The van der Waals surface area contributed by atoms with Crippen molar-refractivity contribution in [3.63, 3.8) is 0 Å². The van der Waals surface area contributed by atoms with Gasteiger partial charge in [-0.1, -0.05) is 30.3 Å². The molecule has 186 valence electrons. The summed E-state index contributed by atoms with van der Waals surface area (Å²) in [6.07, 6.45) is -0.674. The number of halogens is 2. The van der Waals surface area contributed by atoms with Crippen molar-refractivity contribution in [3.05, 3.63) is 71.3 Å². The first-order valence-electron chi connectivity index (χ1n) is 11.7. The molecule has 8 heteroatoms. The standard InChI is InChI=1S/C27H30F2N2O4/c1-26(2,3)35-25(34)31-16-27(19-12-18(28)10-11-21(19)29)14-20(27)24(31)22(32)13-23(33)30(4)15-17-8-6-5-7-9-17/h5-12,20,24H,13-16H2,1-4H3/t20-,24?,27+/m0/s1. The summed E-state index contributed by atoms with van der Waals surface area (Å²) in [6, 6.07) is 11.7. The van der Waals surface area contributed by atoms with Crippen molar-refractivity contribution in [1.82, 2.24) is 9.80 Å². The normalized spacial score (nSPS) is 23.0. The van der Waals surface area contributed by atoms with Gasteiger partial charge in [-0.15, -0.1) is 0 Å². The minimum Gasteiger partial charge on any atom is -0.444 e. The number of ketones is 1. The highest BCUT2D eigenvalue weighted by Gasteiger charge is 2.69. The van der Waals surface area contributed by atoms with Gasteiger partial charge in [0.2, 0.25) is 5.91 Å².